The van der Waals surface area contributed by atoms with Crippen LogP contribution in [0.3, 0.4) is 0 Å². The largest absolute Gasteiger partial charge is 0.331 e. The van der Waals surface area contributed by atoms with Crippen molar-refractivity contribution >= 4 is 21.7 Å². The van der Waals surface area contributed by atoms with Crippen LogP contribution in [0, 0.1) is 0 Å². The Kier molecular flexibility index (Phi) is 5.58. The maximum absolute atomic E-state index is 12.3. The first kappa shape index (κ1) is 18.0. The van der Waals surface area contributed by atoms with E-state index in [9.17, 15) is 13.2 Å². The van der Waals surface area contributed by atoms with Gasteiger partial charge in [-0.15, -0.1) is 0 Å². The molecule has 0 unspecified atom stereocenters. The van der Waals surface area contributed by atoms with Crippen LogP contribution in [0.2, 0.25) is 0 Å². The zero-order valence-corrected chi connectivity index (χ0v) is 14.7. The quantitative estimate of drug-likeness (QED) is 0.873. The van der Waals surface area contributed by atoms with Crippen molar-refractivity contribution in [3.05, 3.63) is 60.2 Å². The first-order chi connectivity index (χ1) is 11.3. The minimum Gasteiger partial charge on any atom is -0.331 e. The topological polar surface area (TPSA) is 78.5 Å². The molecule has 0 aromatic heterocycles. The highest BCUT2D eigenvalue weighted by Gasteiger charge is 2.22. The number of carbonyl (C=O) groups is 1. The fraction of sp³-hybridized carbons (Fsp3) is 0.235. The van der Waals surface area contributed by atoms with Crippen LogP contribution in [0.4, 0.5) is 10.5 Å². The lowest BCUT2D eigenvalue weighted by Crippen LogP contribution is -2.32. The SMILES string of the molecule is C[C@@H](NC(=O)Nc1ccccc1S(=O)(=O)N(C)C)c1ccccc1. The van der Waals surface area contributed by atoms with Crippen LogP contribution in [0.5, 0.6) is 0 Å². The summed E-state index contributed by atoms with van der Waals surface area (Å²) < 4.78 is 25.8. The molecule has 7 heteroatoms. The molecular formula is C17H21N3O3S. The van der Waals surface area contributed by atoms with Gasteiger partial charge in [0.2, 0.25) is 10.0 Å². The summed E-state index contributed by atoms with van der Waals surface area (Å²) in [7, 11) is -0.747. The maximum Gasteiger partial charge on any atom is 0.319 e. The molecule has 2 rings (SSSR count). The van der Waals surface area contributed by atoms with Gasteiger partial charge < -0.3 is 10.6 Å². The van der Waals surface area contributed by atoms with E-state index in [1.807, 2.05) is 37.3 Å². The van der Waals surface area contributed by atoms with E-state index < -0.39 is 16.1 Å². The van der Waals surface area contributed by atoms with Gasteiger partial charge in [-0.1, -0.05) is 42.5 Å². The molecule has 0 aliphatic carbocycles. The number of nitrogens with zero attached hydrogens (tertiary/aromatic N) is 1. The highest BCUT2D eigenvalue weighted by atomic mass is 32.2. The number of nitrogens with one attached hydrogen (secondary N) is 2. The number of para-hydroxylation sites is 1. The summed E-state index contributed by atoms with van der Waals surface area (Å²) in [5, 5.41) is 5.41. The fourth-order valence-corrected chi connectivity index (χ4v) is 3.21. The Morgan fingerprint density at radius 2 is 1.58 bits per heavy atom. The van der Waals surface area contributed by atoms with Crippen LogP contribution >= 0.6 is 0 Å². The number of anilines is 1. The van der Waals surface area contributed by atoms with Crippen molar-refractivity contribution in [3.8, 4) is 0 Å². The minimum atomic E-state index is -3.64. The smallest absolute Gasteiger partial charge is 0.319 e. The minimum absolute atomic E-state index is 0.0533. The molecule has 0 bridgehead atoms. The molecule has 0 aliphatic heterocycles. The Labute approximate surface area is 142 Å². The zero-order valence-electron chi connectivity index (χ0n) is 13.9. The monoisotopic (exact) mass is 347 g/mol. The number of carbonyl (C=O) groups excluding carboxylic acids is 1. The normalized spacial score (nSPS) is 12.7. The third kappa shape index (κ3) is 4.12. The van der Waals surface area contributed by atoms with Crippen molar-refractivity contribution in [1.29, 1.82) is 0 Å². The van der Waals surface area contributed by atoms with Gasteiger partial charge in [-0.3, -0.25) is 0 Å². The lowest BCUT2D eigenvalue weighted by molar-refractivity contribution is 0.249. The molecule has 128 valence electrons. The average Bonchev–Trinajstić information content (AvgIpc) is 2.55. The van der Waals surface area contributed by atoms with E-state index in [4.69, 9.17) is 0 Å². The van der Waals surface area contributed by atoms with E-state index in [-0.39, 0.29) is 16.6 Å². The van der Waals surface area contributed by atoms with Crippen molar-refractivity contribution in [2.75, 3.05) is 19.4 Å². The third-order valence-corrected chi connectivity index (χ3v) is 5.41. The van der Waals surface area contributed by atoms with Gasteiger partial charge in [-0.2, -0.15) is 0 Å². The molecule has 0 fully saturated rings. The molecule has 2 aromatic rings. The Balaban J connectivity index is 2.16. The molecule has 0 saturated carbocycles. The summed E-state index contributed by atoms with van der Waals surface area (Å²) in [5.74, 6) is 0. The highest BCUT2D eigenvalue weighted by molar-refractivity contribution is 7.89. The summed E-state index contributed by atoms with van der Waals surface area (Å²) >= 11 is 0. The fourth-order valence-electron chi connectivity index (χ4n) is 2.17. The van der Waals surface area contributed by atoms with E-state index in [0.717, 1.165) is 9.87 Å². The second-order valence-electron chi connectivity index (χ2n) is 5.51. The van der Waals surface area contributed by atoms with Crippen LogP contribution in [0.25, 0.3) is 0 Å². The average molecular weight is 347 g/mol. The van der Waals surface area contributed by atoms with E-state index in [1.165, 1.54) is 20.2 Å². The predicted molar refractivity (Wildman–Crippen MR) is 94.3 cm³/mol. The predicted octanol–water partition coefficient (Wildman–Crippen LogP) is 2.82. The number of amides is 2. The second kappa shape index (κ2) is 7.46. The lowest BCUT2D eigenvalue weighted by atomic mass is 10.1. The molecule has 0 aliphatic rings. The molecule has 1 atom stereocenters. The Morgan fingerprint density at radius 1 is 1.00 bits per heavy atom. The number of hydrogen-bond acceptors (Lipinski definition) is 3. The van der Waals surface area contributed by atoms with Gasteiger partial charge >= 0.3 is 6.03 Å². The van der Waals surface area contributed by atoms with Crippen molar-refractivity contribution in [3.63, 3.8) is 0 Å². The number of urea groups is 1. The molecule has 0 heterocycles. The number of benzene rings is 2. The van der Waals surface area contributed by atoms with Crippen molar-refractivity contribution in [2.24, 2.45) is 0 Å². The highest BCUT2D eigenvalue weighted by Crippen LogP contribution is 2.23. The van der Waals surface area contributed by atoms with Crippen LogP contribution in [-0.2, 0) is 10.0 Å². The molecule has 0 saturated heterocycles. The first-order valence-electron chi connectivity index (χ1n) is 7.46. The van der Waals surface area contributed by atoms with Crippen molar-refractivity contribution in [2.45, 2.75) is 17.9 Å². The van der Waals surface area contributed by atoms with Gasteiger partial charge in [0.25, 0.3) is 0 Å². The summed E-state index contributed by atoms with van der Waals surface area (Å²) in [6, 6.07) is 15.2. The Morgan fingerprint density at radius 3 is 2.21 bits per heavy atom. The number of sulfonamides is 1. The summed E-state index contributed by atoms with van der Waals surface area (Å²) in [6.07, 6.45) is 0. The van der Waals surface area contributed by atoms with Crippen LogP contribution in [0.15, 0.2) is 59.5 Å². The van der Waals surface area contributed by atoms with Crippen LogP contribution in [0.1, 0.15) is 18.5 Å². The number of hydrogen-bond donors (Lipinski definition) is 2. The Hall–Kier alpha value is -2.38. The molecule has 6 nitrogen and oxygen atoms in total. The molecule has 0 spiro atoms. The maximum atomic E-state index is 12.3. The van der Waals surface area contributed by atoms with Crippen LogP contribution in [-0.4, -0.2) is 32.8 Å². The number of rotatable bonds is 5. The second-order valence-corrected chi connectivity index (χ2v) is 7.63. The molecule has 0 radical (unpaired) electrons. The Bertz CT molecular complexity index is 805. The molecule has 2 aromatic carbocycles. The van der Waals surface area contributed by atoms with Gasteiger partial charge in [-0.25, -0.2) is 17.5 Å². The molecule has 2 N–H and O–H groups in total. The molecular weight excluding hydrogens is 326 g/mol. The van der Waals surface area contributed by atoms with E-state index >= 15 is 0 Å². The van der Waals surface area contributed by atoms with Crippen molar-refractivity contribution < 1.29 is 13.2 Å². The van der Waals surface area contributed by atoms with Crippen LogP contribution < -0.4 is 10.6 Å². The molecule has 2 amide bonds. The van der Waals surface area contributed by atoms with Gasteiger partial charge in [0.1, 0.15) is 4.90 Å². The summed E-state index contributed by atoms with van der Waals surface area (Å²) in [5.41, 5.74) is 1.20. The van der Waals surface area contributed by atoms with Crippen molar-refractivity contribution in [1.82, 2.24) is 9.62 Å². The van der Waals surface area contributed by atoms with Gasteiger partial charge in [-0.05, 0) is 24.6 Å². The lowest BCUT2D eigenvalue weighted by Gasteiger charge is -2.18. The summed E-state index contributed by atoms with van der Waals surface area (Å²) in [4.78, 5) is 12.3. The summed E-state index contributed by atoms with van der Waals surface area (Å²) in [6.45, 7) is 1.86. The van der Waals surface area contributed by atoms with E-state index in [0.29, 0.717) is 0 Å². The van der Waals surface area contributed by atoms with Gasteiger partial charge in [0.05, 0.1) is 11.7 Å². The molecule has 24 heavy (non-hydrogen) atoms. The van der Waals surface area contributed by atoms with E-state index in [2.05, 4.69) is 10.6 Å². The van der Waals surface area contributed by atoms with Gasteiger partial charge in [0.15, 0.2) is 0 Å². The third-order valence-electron chi connectivity index (χ3n) is 3.54. The standard InChI is InChI=1S/C17H21N3O3S/c1-13(14-9-5-4-6-10-14)18-17(21)19-15-11-7-8-12-16(15)24(22,23)20(2)3/h4-13H,1-3H3,(H2,18,19,21)/t13-/m1/s1. The van der Waals surface area contributed by atoms with Gasteiger partial charge in [0, 0.05) is 14.1 Å². The zero-order chi connectivity index (χ0) is 17.7. The van der Waals surface area contributed by atoms with E-state index in [1.54, 1.807) is 18.2 Å². The first-order valence-corrected chi connectivity index (χ1v) is 8.90.